The second kappa shape index (κ2) is 10.7. The van der Waals surface area contributed by atoms with Crippen LogP contribution in [-0.2, 0) is 9.53 Å². The highest BCUT2D eigenvalue weighted by molar-refractivity contribution is 9.10. The molecule has 2 rings (SSSR count). The number of rotatable bonds is 5. The molecule has 1 atom stereocenters. The molecular weight excluding hydrogens is 516 g/mol. The average molecular weight is 530 g/mol. The van der Waals surface area contributed by atoms with Gasteiger partial charge in [-0.05, 0) is 43.3 Å². The van der Waals surface area contributed by atoms with E-state index in [1.54, 1.807) is 6.07 Å². The molecule has 4 nitrogen and oxygen atoms in total. The van der Waals surface area contributed by atoms with E-state index in [1.165, 1.54) is 25.1 Å². The number of aliphatic hydroxyl groups excluding tert-OH is 1. The summed E-state index contributed by atoms with van der Waals surface area (Å²) in [5.74, 6) is -7.62. The normalized spacial score (nSPS) is 11.9. The molecule has 0 heterocycles. The Morgan fingerprint density at radius 3 is 2.18 bits per heavy atom. The van der Waals surface area contributed by atoms with Crippen molar-refractivity contribution in [2.24, 2.45) is 0 Å². The van der Waals surface area contributed by atoms with Gasteiger partial charge in [0.1, 0.15) is 11.6 Å². The highest BCUT2D eigenvalue weighted by Crippen LogP contribution is 2.34. The molecule has 2 aromatic carbocycles. The predicted octanol–water partition coefficient (Wildman–Crippen LogP) is 5.22. The summed E-state index contributed by atoms with van der Waals surface area (Å²) < 4.78 is 58.0. The van der Waals surface area contributed by atoms with Gasteiger partial charge in [-0.25, -0.2) is 13.6 Å². The number of alkyl halides is 2. The molecule has 0 amide bonds. The van der Waals surface area contributed by atoms with Gasteiger partial charge in [-0.1, -0.05) is 31.9 Å². The van der Waals surface area contributed by atoms with Crippen LogP contribution >= 0.6 is 31.9 Å². The molecular formula is C18H14Br2F4O4. The van der Waals surface area contributed by atoms with Crippen molar-refractivity contribution in [2.75, 3.05) is 6.61 Å². The second-order valence-corrected chi connectivity index (χ2v) is 7.03. The highest BCUT2D eigenvalue weighted by atomic mass is 79.9. The smallest absolute Gasteiger partial charge is 0.380 e. The summed E-state index contributed by atoms with van der Waals surface area (Å²) in [4.78, 5) is 21.1. The number of aliphatic hydroxyl groups is 1. The van der Waals surface area contributed by atoms with E-state index >= 15 is 0 Å². The van der Waals surface area contributed by atoms with Gasteiger partial charge in [0.2, 0.25) is 0 Å². The van der Waals surface area contributed by atoms with Crippen LogP contribution in [0, 0.1) is 11.6 Å². The Bertz CT molecular complexity index is 846. The van der Waals surface area contributed by atoms with Crippen LogP contribution in [0.1, 0.15) is 28.9 Å². The van der Waals surface area contributed by atoms with Gasteiger partial charge in [0.05, 0.1) is 12.2 Å². The minimum absolute atomic E-state index is 0.0781. The van der Waals surface area contributed by atoms with Gasteiger partial charge in [0.15, 0.2) is 12.4 Å². The van der Waals surface area contributed by atoms with Gasteiger partial charge < -0.3 is 9.84 Å². The number of esters is 1. The van der Waals surface area contributed by atoms with Crippen LogP contribution in [-0.4, -0.2) is 29.9 Å². The molecule has 0 saturated carbocycles. The van der Waals surface area contributed by atoms with Crippen LogP contribution in [0.2, 0.25) is 0 Å². The first-order chi connectivity index (χ1) is 13.0. The quantitative estimate of drug-likeness (QED) is 0.327. The average Bonchev–Trinajstić information content (AvgIpc) is 2.65. The largest absolute Gasteiger partial charge is 0.461 e. The Kier molecular flexibility index (Phi) is 9.25. The number of hydrogen-bond acceptors (Lipinski definition) is 4. The van der Waals surface area contributed by atoms with Crippen molar-refractivity contribution < 1.29 is 37.0 Å². The maximum absolute atomic E-state index is 13.5. The zero-order valence-electron chi connectivity index (χ0n) is 14.3. The molecule has 0 bridgehead atoms. The van der Waals surface area contributed by atoms with Crippen molar-refractivity contribution in [3.05, 3.63) is 68.1 Å². The molecule has 0 aliphatic rings. The lowest BCUT2D eigenvalue weighted by Gasteiger charge is -2.21. The van der Waals surface area contributed by atoms with Crippen molar-refractivity contribution in [1.29, 1.82) is 0 Å². The molecule has 28 heavy (non-hydrogen) atoms. The molecule has 1 unspecified atom stereocenters. The Morgan fingerprint density at radius 2 is 1.68 bits per heavy atom. The first-order valence-corrected chi connectivity index (χ1v) is 9.21. The van der Waals surface area contributed by atoms with E-state index in [4.69, 9.17) is 0 Å². The van der Waals surface area contributed by atoms with E-state index in [2.05, 4.69) is 36.6 Å². The van der Waals surface area contributed by atoms with Crippen molar-refractivity contribution in [3.8, 4) is 0 Å². The van der Waals surface area contributed by atoms with Crippen LogP contribution in [0.25, 0.3) is 0 Å². The van der Waals surface area contributed by atoms with Crippen LogP contribution < -0.4 is 0 Å². The Balaban J connectivity index is 0.000000330. The summed E-state index contributed by atoms with van der Waals surface area (Å²) in [6, 6.07) is 7.39. The third kappa shape index (κ3) is 6.39. The molecule has 2 aromatic rings. The Labute approximate surface area is 174 Å². The molecule has 10 heteroatoms. The van der Waals surface area contributed by atoms with Gasteiger partial charge in [-0.2, -0.15) is 8.78 Å². The topological polar surface area (TPSA) is 63.6 Å². The molecule has 0 radical (unpaired) electrons. The molecule has 0 aromatic heterocycles. The maximum Gasteiger partial charge on any atom is 0.380 e. The standard InChI is InChI=1S/C11H10BrF3O3.C7H4BrFO/c1-2-18-10(17)11(14,15)9(16)7-5-6(12)3-4-8(7)13;8-6-1-2-7(9)5(3-6)4-10/h3-5,9,16H,2H2,1H3;1-4H. The van der Waals surface area contributed by atoms with Crippen molar-refractivity contribution in [1.82, 2.24) is 0 Å². The number of benzene rings is 2. The van der Waals surface area contributed by atoms with Gasteiger partial charge in [-0.3, -0.25) is 4.79 Å². The number of ether oxygens (including phenoxy) is 1. The second-order valence-electron chi connectivity index (χ2n) is 5.20. The van der Waals surface area contributed by atoms with E-state index < -0.39 is 35.2 Å². The molecule has 0 aliphatic heterocycles. The monoisotopic (exact) mass is 528 g/mol. The van der Waals surface area contributed by atoms with E-state index in [9.17, 15) is 32.3 Å². The van der Waals surface area contributed by atoms with E-state index in [0.717, 1.165) is 12.1 Å². The molecule has 0 aliphatic carbocycles. The SMILES string of the molecule is CCOC(=O)C(F)(F)C(O)c1cc(Br)ccc1F.O=Cc1cc(Br)ccc1F. The lowest BCUT2D eigenvalue weighted by Crippen LogP contribution is -2.37. The minimum atomic E-state index is -4.21. The van der Waals surface area contributed by atoms with E-state index in [1.807, 2.05) is 0 Å². The van der Waals surface area contributed by atoms with Crippen LogP contribution in [0.4, 0.5) is 17.6 Å². The molecule has 152 valence electrons. The minimum Gasteiger partial charge on any atom is -0.461 e. The summed E-state index contributed by atoms with van der Waals surface area (Å²) in [6.07, 6.45) is -2.12. The fraction of sp³-hybridized carbons (Fsp3) is 0.222. The van der Waals surface area contributed by atoms with E-state index in [-0.39, 0.29) is 12.2 Å². The Hall–Kier alpha value is -1.78. The van der Waals surface area contributed by atoms with Crippen molar-refractivity contribution in [3.63, 3.8) is 0 Å². The predicted molar refractivity (Wildman–Crippen MR) is 100 cm³/mol. The van der Waals surface area contributed by atoms with Gasteiger partial charge >= 0.3 is 11.9 Å². The van der Waals surface area contributed by atoms with Gasteiger partial charge in [0, 0.05) is 14.5 Å². The molecule has 0 saturated heterocycles. The zero-order chi connectivity index (χ0) is 21.5. The number of halogens is 6. The fourth-order valence-electron chi connectivity index (χ4n) is 1.86. The van der Waals surface area contributed by atoms with Crippen molar-refractivity contribution >= 4 is 44.1 Å². The number of carbonyl (C=O) groups is 2. The summed E-state index contributed by atoms with van der Waals surface area (Å²) in [6.45, 7) is 1.09. The zero-order valence-corrected chi connectivity index (χ0v) is 17.4. The number of aldehydes is 1. The van der Waals surface area contributed by atoms with Crippen molar-refractivity contribution in [2.45, 2.75) is 19.0 Å². The fourth-order valence-corrected chi connectivity index (χ4v) is 2.62. The number of hydrogen-bond donors (Lipinski definition) is 1. The molecule has 1 N–H and O–H groups in total. The highest BCUT2D eigenvalue weighted by Gasteiger charge is 2.49. The third-order valence-electron chi connectivity index (χ3n) is 3.23. The summed E-state index contributed by atoms with van der Waals surface area (Å²) >= 11 is 6.07. The lowest BCUT2D eigenvalue weighted by atomic mass is 10.0. The molecule has 0 spiro atoms. The Morgan fingerprint density at radius 1 is 1.14 bits per heavy atom. The summed E-state index contributed by atoms with van der Waals surface area (Å²) in [5, 5.41) is 9.44. The maximum atomic E-state index is 13.5. The van der Waals surface area contributed by atoms with Crippen LogP contribution in [0.5, 0.6) is 0 Å². The summed E-state index contributed by atoms with van der Waals surface area (Å²) in [5.41, 5.74) is -0.600. The van der Waals surface area contributed by atoms with E-state index in [0.29, 0.717) is 15.2 Å². The first kappa shape index (κ1) is 24.3. The van der Waals surface area contributed by atoms with Gasteiger partial charge in [-0.15, -0.1) is 0 Å². The number of carbonyl (C=O) groups excluding carboxylic acids is 2. The van der Waals surface area contributed by atoms with Crippen LogP contribution in [0.3, 0.4) is 0 Å². The van der Waals surface area contributed by atoms with Crippen LogP contribution in [0.15, 0.2) is 45.3 Å². The van der Waals surface area contributed by atoms with Gasteiger partial charge in [0.25, 0.3) is 0 Å². The lowest BCUT2D eigenvalue weighted by molar-refractivity contribution is -0.189. The third-order valence-corrected chi connectivity index (χ3v) is 4.22. The summed E-state index contributed by atoms with van der Waals surface area (Å²) in [7, 11) is 0. The molecule has 0 fully saturated rings. The first-order valence-electron chi connectivity index (χ1n) is 7.62.